The van der Waals surface area contributed by atoms with E-state index in [-0.39, 0.29) is 9.90 Å². The quantitative estimate of drug-likeness (QED) is 0.313. The lowest BCUT2D eigenvalue weighted by atomic mass is 10.6. The molecule has 0 heterocycles. The van der Waals surface area contributed by atoms with Gasteiger partial charge >= 0.3 is 0 Å². The lowest BCUT2D eigenvalue weighted by molar-refractivity contribution is 1.64. The second-order valence-corrected chi connectivity index (χ2v) is 0.667. The van der Waals surface area contributed by atoms with Crippen LogP contribution in [0.3, 0.4) is 0 Å². The van der Waals surface area contributed by atoms with Gasteiger partial charge in [0.2, 0.25) is 0 Å². The first-order valence-electron chi connectivity index (χ1n) is 1.49. The van der Waals surface area contributed by atoms with E-state index in [0.29, 0.717) is 0 Å². The number of rotatable bonds is 0. The largest absolute Gasteiger partial charge is 0.153 e. The third kappa shape index (κ3) is 14.3. The molecule has 0 spiro atoms. The Balaban J connectivity index is 0. The zero-order valence-electron chi connectivity index (χ0n) is 3.86. The summed E-state index contributed by atoms with van der Waals surface area (Å²) in [7, 11) is 0. The molecule has 0 N–H and O–H groups in total. The van der Waals surface area contributed by atoms with Crippen molar-refractivity contribution in [3.05, 3.63) is 12.2 Å². The van der Waals surface area contributed by atoms with Gasteiger partial charge in [-0.3, -0.25) is 0 Å². The van der Waals surface area contributed by atoms with Crippen molar-refractivity contribution < 1.29 is 0 Å². The zero-order chi connectivity index (χ0) is 3.41. The van der Waals surface area contributed by atoms with Crippen molar-refractivity contribution in [1.29, 1.82) is 0 Å². The Bertz CT molecular complexity index is 18.8. The summed E-state index contributed by atoms with van der Waals surface area (Å²) in [6, 6.07) is 0. The fourth-order valence-electron chi connectivity index (χ4n) is 0. The van der Waals surface area contributed by atoms with E-state index < -0.39 is 0 Å². The third-order valence-corrected chi connectivity index (χ3v) is 0.333. The van der Waals surface area contributed by atoms with Crippen LogP contribution in [0.2, 0.25) is 0 Å². The van der Waals surface area contributed by atoms with Gasteiger partial charge in [-0.05, 0) is 13.8 Å². The number of allylic oxidation sites excluding steroid dienone is 2. The molecule has 0 aliphatic carbocycles. The highest BCUT2D eigenvalue weighted by Gasteiger charge is 1.34. The maximum atomic E-state index is 2.00. The zero-order valence-corrected chi connectivity index (χ0v) is 5.28. The second-order valence-electron chi connectivity index (χ2n) is 0.667. The predicted molar refractivity (Wildman–Crippen MR) is 31.6 cm³/mol. The molecule has 0 bridgehead atoms. The fraction of sp³-hybridized carbons (Fsp3) is 0.500. The molecule has 0 aromatic carbocycles. The van der Waals surface area contributed by atoms with Gasteiger partial charge in [0.15, 0.2) is 0 Å². The molecule has 0 rings (SSSR count). The van der Waals surface area contributed by atoms with Crippen LogP contribution in [0.25, 0.3) is 0 Å². The van der Waals surface area contributed by atoms with E-state index in [1.807, 2.05) is 26.0 Å². The molecule has 0 fully saturated rings. The molecular weight excluding hydrogens is 79.0 g/mol. The summed E-state index contributed by atoms with van der Waals surface area (Å²) in [5, 5.41) is 0. The summed E-state index contributed by atoms with van der Waals surface area (Å²) in [5.41, 5.74) is 0. The van der Waals surface area contributed by atoms with Gasteiger partial charge in [0, 0.05) is 0 Å². The molecule has 0 aromatic heterocycles. The van der Waals surface area contributed by atoms with Crippen molar-refractivity contribution in [3.63, 3.8) is 0 Å². The van der Waals surface area contributed by atoms with E-state index in [9.17, 15) is 0 Å². The van der Waals surface area contributed by atoms with Crippen LogP contribution < -0.4 is 0 Å². The average Bonchev–Trinajstić information content (AvgIpc) is 1.37. The molecule has 1 atom stereocenters. The van der Waals surface area contributed by atoms with Gasteiger partial charge in [0.1, 0.15) is 0 Å². The van der Waals surface area contributed by atoms with Crippen LogP contribution in [0.15, 0.2) is 12.2 Å². The molecule has 1 unspecified atom stereocenters. The molecule has 32 valence electrons. The van der Waals surface area contributed by atoms with Crippen molar-refractivity contribution >= 4 is 9.90 Å². The molecule has 0 aromatic rings. The topological polar surface area (TPSA) is 0 Å². The normalized spacial score (nSPS) is 7.60. The van der Waals surface area contributed by atoms with Crippen molar-refractivity contribution in [3.8, 4) is 0 Å². The van der Waals surface area contributed by atoms with Gasteiger partial charge in [-0.25, -0.2) is 0 Å². The highest BCUT2D eigenvalue weighted by molar-refractivity contribution is 6.92. The van der Waals surface area contributed by atoms with E-state index in [4.69, 9.17) is 0 Å². The van der Waals surface area contributed by atoms with Gasteiger partial charge in [-0.1, -0.05) is 12.2 Å². The van der Waals surface area contributed by atoms with Gasteiger partial charge in [0.05, 0.1) is 0 Å². The Labute approximate surface area is 36.9 Å². The molecule has 0 saturated heterocycles. The number of hydrogen-bond donors (Lipinski definition) is 0. The molecular formula is C4H11P. The highest BCUT2D eigenvalue weighted by Crippen LogP contribution is 1.57. The van der Waals surface area contributed by atoms with Crippen molar-refractivity contribution in [2.24, 2.45) is 0 Å². The predicted octanol–water partition coefficient (Wildman–Crippen LogP) is 1.64. The SMILES string of the molecule is CC=CC.P. The first-order chi connectivity index (χ1) is 1.91. The number of hydrogen-bond acceptors (Lipinski definition) is 0. The van der Waals surface area contributed by atoms with E-state index in [0.717, 1.165) is 0 Å². The van der Waals surface area contributed by atoms with Crippen molar-refractivity contribution in [1.82, 2.24) is 0 Å². The lowest BCUT2D eigenvalue weighted by Crippen LogP contribution is -1.26. The molecule has 0 saturated carbocycles. The minimum Gasteiger partial charge on any atom is -0.153 e. The fourth-order valence-corrected chi connectivity index (χ4v) is 0. The van der Waals surface area contributed by atoms with E-state index >= 15 is 0 Å². The summed E-state index contributed by atoms with van der Waals surface area (Å²) in [4.78, 5) is 0. The first kappa shape index (κ1) is 8.95. The molecule has 0 aliphatic rings. The van der Waals surface area contributed by atoms with Crippen LogP contribution in [0.1, 0.15) is 13.8 Å². The van der Waals surface area contributed by atoms with Crippen molar-refractivity contribution in [2.45, 2.75) is 13.8 Å². The summed E-state index contributed by atoms with van der Waals surface area (Å²) in [6.07, 6.45) is 4.00. The Kier molecular flexibility index (Phi) is 15.9. The van der Waals surface area contributed by atoms with Crippen LogP contribution in [0.4, 0.5) is 0 Å². The highest BCUT2D eigenvalue weighted by atomic mass is 31.0. The monoisotopic (exact) mass is 90.1 g/mol. The van der Waals surface area contributed by atoms with Gasteiger partial charge in [-0.15, -0.1) is 0 Å². The summed E-state index contributed by atoms with van der Waals surface area (Å²) in [5.74, 6) is 0. The van der Waals surface area contributed by atoms with Crippen molar-refractivity contribution in [2.75, 3.05) is 0 Å². The molecule has 0 nitrogen and oxygen atoms in total. The minimum absolute atomic E-state index is 0. The maximum Gasteiger partial charge on any atom is -0.0470 e. The molecule has 5 heavy (non-hydrogen) atoms. The van der Waals surface area contributed by atoms with Crippen LogP contribution in [-0.2, 0) is 0 Å². The molecule has 0 amide bonds. The Morgan fingerprint density at radius 1 is 1.00 bits per heavy atom. The minimum atomic E-state index is 0. The Morgan fingerprint density at radius 2 is 1.20 bits per heavy atom. The van der Waals surface area contributed by atoms with Crippen LogP contribution in [-0.4, -0.2) is 0 Å². The summed E-state index contributed by atoms with van der Waals surface area (Å²) < 4.78 is 0. The summed E-state index contributed by atoms with van der Waals surface area (Å²) >= 11 is 0. The van der Waals surface area contributed by atoms with Gasteiger partial charge in [0.25, 0.3) is 0 Å². The van der Waals surface area contributed by atoms with Crippen LogP contribution in [0, 0.1) is 0 Å². The second kappa shape index (κ2) is 8.90. The standard InChI is InChI=1S/C4H8.H3P/c1-3-4-2;/h3-4H,1-2H3;1H3. The van der Waals surface area contributed by atoms with Crippen LogP contribution in [0.5, 0.6) is 0 Å². The van der Waals surface area contributed by atoms with Gasteiger partial charge in [-0.2, -0.15) is 9.90 Å². The average molecular weight is 90.1 g/mol. The van der Waals surface area contributed by atoms with E-state index in [2.05, 4.69) is 0 Å². The molecule has 0 aliphatic heterocycles. The van der Waals surface area contributed by atoms with Gasteiger partial charge < -0.3 is 0 Å². The smallest absolute Gasteiger partial charge is 0.0470 e. The van der Waals surface area contributed by atoms with E-state index in [1.165, 1.54) is 0 Å². The van der Waals surface area contributed by atoms with E-state index in [1.54, 1.807) is 0 Å². The Morgan fingerprint density at radius 3 is 1.20 bits per heavy atom. The molecule has 0 radical (unpaired) electrons. The Hall–Kier alpha value is 0.170. The van der Waals surface area contributed by atoms with Crippen LogP contribution >= 0.6 is 9.90 Å². The third-order valence-electron chi connectivity index (χ3n) is 0.333. The summed E-state index contributed by atoms with van der Waals surface area (Å²) in [6.45, 7) is 4.00. The lowest BCUT2D eigenvalue weighted by Gasteiger charge is -1.49. The first-order valence-corrected chi connectivity index (χ1v) is 1.49. The molecule has 1 heteroatoms. The maximum absolute atomic E-state index is 2.00.